The standard InChI is InChI=1S/C6H7F2N2/c1-5-2-9-10(3-5)4-6(7)8/h3,6H,4H2,1H3. The zero-order chi connectivity index (χ0) is 7.56. The topological polar surface area (TPSA) is 17.8 Å². The number of nitrogens with zero attached hydrogens (tertiary/aromatic N) is 2. The van der Waals surface area contributed by atoms with Crippen LogP contribution in [0.5, 0.6) is 0 Å². The first kappa shape index (κ1) is 7.18. The van der Waals surface area contributed by atoms with Crippen molar-refractivity contribution in [1.29, 1.82) is 0 Å². The lowest BCUT2D eigenvalue weighted by Gasteiger charge is -1.96. The van der Waals surface area contributed by atoms with E-state index in [1.165, 1.54) is 10.9 Å². The molecule has 0 bridgehead atoms. The monoisotopic (exact) mass is 145 g/mol. The van der Waals surface area contributed by atoms with Crippen LogP contribution in [-0.2, 0) is 6.54 Å². The second-order valence-corrected chi connectivity index (χ2v) is 2.04. The van der Waals surface area contributed by atoms with Crippen LogP contribution in [0.1, 0.15) is 5.56 Å². The number of hydrogen-bond donors (Lipinski definition) is 0. The quantitative estimate of drug-likeness (QED) is 0.612. The van der Waals surface area contributed by atoms with Crippen molar-refractivity contribution in [2.24, 2.45) is 0 Å². The Morgan fingerprint density at radius 2 is 2.50 bits per heavy atom. The van der Waals surface area contributed by atoms with E-state index in [2.05, 4.69) is 11.3 Å². The van der Waals surface area contributed by atoms with E-state index >= 15 is 0 Å². The molecule has 0 unspecified atom stereocenters. The van der Waals surface area contributed by atoms with Gasteiger partial charge in [-0.3, -0.25) is 4.68 Å². The Kier molecular flexibility index (Phi) is 1.99. The van der Waals surface area contributed by atoms with E-state index in [4.69, 9.17) is 0 Å². The van der Waals surface area contributed by atoms with Crippen LogP contribution in [-0.4, -0.2) is 16.2 Å². The number of hydrogen-bond acceptors (Lipinski definition) is 1. The molecule has 0 atom stereocenters. The second-order valence-electron chi connectivity index (χ2n) is 2.04. The molecular formula is C6H7F2N2. The van der Waals surface area contributed by atoms with Crippen molar-refractivity contribution in [2.45, 2.75) is 19.9 Å². The Balaban J connectivity index is 2.58. The molecule has 1 heterocycles. The SMILES string of the molecule is Cc1[c]nn(CC(F)F)c1. The minimum atomic E-state index is -2.34. The zero-order valence-electron chi connectivity index (χ0n) is 5.51. The van der Waals surface area contributed by atoms with Gasteiger partial charge in [-0.05, 0) is 12.5 Å². The van der Waals surface area contributed by atoms with E-state index in [-0.39, 0.29) is 6.54 Å². The number of aryl methyl sites for hydroxylation is 1. The lowest BCUT2D eigenvalue weighted by Crippen LogP contribution is -2.06. The molecule has 0 aliphatic carbocycles. The van der Waals surface area contributed by atoms with Gasteiger partial charge in [-0.25, -0.2) is 8.78 Å². The number of alkyl halides is 2. The molecule has 0 aromatic carbocycles. The Morgan fingerprint density at radius 1 is 1.80 bits per heavy atom. The van der Waals surface area contributed by atoms with E-state index in [1.54, 1.807) is 6.92 Å². The third-order valence-corrected chi connectivity index (χ3v) is 1.02. The molecule has 1 aromatic heterocycles. The van der Waals surface area contributed by atoms with E-state index in [9.17, 15) is 8.78 Å². The maximum absolute atomic E-state index is 11.7. The highest BCUT2D eigenvalue weighted by atomic mass is 19.3. The summed E-state index contributed by atoms with van der Waals surface area (Å²) >= 11 is 0. The predicted molar refractivity (Wildman–Crippen MR) is 31.8 cm³/mol. The number of halogens is 2. The van der Waals surface area contributed by atoms with Crippen molar-refractivity contribution in [3.63, 3.8) is 0 Å². The highest BCUT2D eigenvalue weighted by Crippen LogP contribution is 1.98. The summed E-state index contributed by atoms with van der Waals surface area (Å²) in [6.45, 7) is 1.42. The van der Waals surface area contributed by atoms with Crippen LogP contribution in [0, 0.1) is 13.1 Å². The van der Waals surface area contributed by atoms with Gasteiger partial charge in [0.15, 0.2) is 0 Å². The van der Waals surface area contributed by atoms with Gasteiger partial charge in [0.1, 0.15) is 12.7 Å². The van der Waals surface area contributed by atoms with Crippen LogP contribution in [0.2, 0.25) is 0 Å². The predicted octanol–water partition coefficient (Wildman–Crippen LogP) is 1.26. The minimum Gasteiger partial charge on any atom is -0.266 e. The Morgan fingerprint density at radius 3 is 2.90 bits per heavy atom. The Labute approximate surface area is 57.5 Å². The average Bonchev–Trinajstić information content (AvgIpc) is 2.13. The molecule has 0 fully saturated rings. The fourth-order valence-electron chi connectivity index (χ4n) is 0.659. The summed E-state index contributed by atoms with van der Waals surface area (Å²) in [6, 6.07) is 0. The van der Waals surface area contributed by atoms with Gasteiger partial charge in [-0.1, -0.05) is 0 Å². The number of rotatable bonds is 2. The molecule has 0 amide bonds. The summed E-state index contributed by atoms with van der Waals surface area (Å²) in [5.74, 6) is 0. The second kappa shape index (κ2) is 2.77. The summed E-state index contributed by atoms with van der Waals surface area (Å²) in [5.41, 5.74) is 0.778. The van der Waals surface area contributed by atoms with Gasteiger partial charge < -0.3 is 0 Å². The van der Waals surface area contributed by atoms with Crippen LogP contribution in [0.25, 0.3) is 0 Å². The van der Waals surface area contributed by atoms with Gasteiger partial charge >= 0.3 is 0 Å². The lowest BCUT2D eigenvalue weighted by molar-refractivity contribution is 0.122. The van der Waals surface area contributed by atoms with Gasteiger partial charge in [0.05, 0.1) is 0 Å². The summed E-state index contributed by atoms with van der Waals surface area (Å²) in [4.78, 5) is 0. The highest BCUT2D eigenvalue weighted by molar-refractivity contribution is 4.97. The first-order chi connectivity index (χ1) is 4.68. The van der Waals surface area contributed by atoms with Crippen LogP contribution in [0.15, 0.2) is 6.20 Å². The summed E-state index contributed by atoms with van der Waals surface area (Å²) in [6.07, 6.45) is 1.75. The fourth-order valence-corrected chi connectivity index (χ4v) is 0.659. The lowest BCUT2D eigenvalue weighted by atomic mass is 10.4. The molecule has 2 nitrogen and oxygen atoms in total. The molecule has 55 valence electrons. The zero-order valence-corrected chi connectivity index (χ0v) is 5.51. The van der Waals surface area contributed by atoms with Crippen molar-refractivity contribution >= 4 is 0 Å². The molecule has 4 heteroatoms. The van der Waals surface area contributed by atoms with Crippen molar-refractivity contribution < 1.29 is 8.78 Å². The van der Waals surface area contributed by atoms with Crippen molar-refractivity contribution in [2.75, 3.05) is 0 Å². The van der Waals surface area contributed by atoms with Crippen LogP contribution in [0.4, 0.5) is 8.78 Å². The Bertz CT molecular complexity index is 207. The van der Waals surface area contributed by atoms with Crippen LogP contribution >= 0.6 is 0 Å². The van der Waals surface area contributed by atoms with Crippen molar-refractivity contribution in [1.82, 2.24) is 9.78 Å². The normalized spacial score (nSPS) is 10.8. The van der Waals surface area contributed by atoms with Gasteiger partial charge in [0, 0.05) is 6.20 Å². The third kappa shape index (κ3) is 1.79. The molecule has 0 saturated heterocycles. The van der Waals surface area contributed by atoms with E-state index in [1.807, 2.05) is 0 Å². The van der Waals surface area contributed by atoms with Crippen molar-refractivity contribution in [3.05, 3.63) is 18.0 Å². The summed E-state index contributed by atoms with van der Waals surface area (Å²) < 4.78 is 24.5. The smallest absolute Gasteiger partial charge is 0.257 e. The minimum absolute atomic E-state index is 0.343. The maximum atomic E-state index is 11.7. The summed E-state index contributed by atoms with van der Waals surface area (Å²) in [5, 5.41) is 3.57. The molecule has 1 aromatic rings. The molecule has 1 rings (SSSR count). The number of aromatic nitrogens is 2. The molecule has 0 saturated carbocycles. The maximum Gasteiger partial charge on any atom is 0.257 e. The summed E-state index contributed by atoms with van der Waals surface area (Å²) in [7, 11) is 0. The van der Waals surface area contributed by atoms with E-state index in [0.29, 0.717) is 0 Å². The van der Waals surface area contributed by atoms with Crippen molar-refractivity contribution in [3.8, 4) is 0 Å². The molecule has 1 radical (unpaired) electrons. The van der Waals surface area contributed by atoms with Gasteiger partial charge in [0.25, 0.3) is 6.43 Å². The first-order valence-corrected chi connectivity index (χ1v) is 2.88. The molecular weight excluding hydrogens is 138 g/mol. The third-order valence-electron chi connectivity index (χ3n) is 1.02. The highest BCUT2D eigenvalue weighted by Gasteiger charge is 2.03. The first-order valence-electron chi connectivity index (χ1n) is 2.88. The van der Waals surface area contributed by atoms with Gasteiger partial charge in [0.2, 0.25) is 0 Å². The largest absolute Gasteiger partial charge is 0.266 e. The van der Waals surface area contributed by atoms with Crippen LogP contribution in [0.3, 0.4) is 0 Å². The van der Waals surface area contributed by atoms with E-state index in [0.717, 1.165) is 5.56 Å². The van der Waals surface area contributed by atoms with Crippen LogP contribution < -0.4 is 0 Å². The molecule has 10 heavy (non-hydrogen) atoms. The van der Waals surface area contributed by atoms with E-state index < -0.39 is 6.43 Å². The Hall–Kier alpha value is -0.930. The van der Waals surface area contributed by atoms with Gasteiger partial charge in [-0.15, -0.1) is 0 Å². The van der Waals surface area contributed by atoms with Gasteiger partial charge in [-0.2, -0.15) is 5.10 Å². The molecule has 0 aliphatic heterocycles. The molecule has 0 aliphatic rings. The molecule has 0 spiro atoms. The molecule has 0 N–H and O–H groups in total. The average molecular weight is 145 g/mol. The fraction of sp³-hybridized carbons (Fsp3) is 0.500.